The molecule has 0 aliphatic carbocycles. The van der Waals surface area contributed by atoms with Gasteiger partial charge in [0, 0.05) is 17.0 Å². The molecule has 118 valence electrons. The number of fused-ring (bicyclic) bond motifs is 8. The number of rotatable bonds is 1. The molecule has 25 heavy (non-hydrogen) atoms. The Hall–Kier alpha value is -3.42. The van der Waals surface area contributed by atoms with Crippen LogP contribution in [0.4, 0.5) is 0 Å². The average Bonchev–Trinajstić information content (AvgIpc) is 3.07. The third-order valence-corrected chi connectivity index (χ3v) is 4.80. The molecule has 5 aromatic rings. The van der Waals surface area contributed by atoms with Crippen molar-refractivity contribution < 1.29 is 0 Å². The molecule has 3 heteroatoms. The maximum Gasteiger partial charge on any atom is 0.147 e. The van der Waals surface area contributed by atoms with Crippen LogP contribution in [-0.4, -0.2) is 14.4 Å². The van der Waals surface area contributed by atoms with Gasteiger partial charge in [-0.1, -0.05) is 30.8 Å². The van der Waals surface area contributed by atoms with Gasteiger partial charge >= 0.3 is 0 Å². The first kappa shape index (κ1) is 14.0. The Balaban J connectivity index is 2.21. The Morgan fingerprint density at radius 3 is 2.72 bits per heavy atom. The Kier molecular flexibility index (Phi) is 2.81. The highest BCUT2D eigenvalue weighted by atomic mass is 15.0. The van der Waals surface area contributed by atoms with Crippen molar-refractivity contribution in [1.82, 2.24) is 14.4 Å². The van der Waals surface area contributed by atoms with E-state index < -0.39 is 0 Å². The average molecular weight is 321 g/mol. The first-order valence-corrected chi connectivity index (χ1v) is 8.23. The third-order valence-electron chi connectivity index (χ3n) is 4.80. The molecule has 0 radical (unpaired) electrons. The molecule has 0 aliphatic heterocycles. The molecule has 0 N–H and O–H groups in total. The van der Waals surface area contributed by atoms with Gasteiger partial charge in [0.2, 0.25) is 0 Å². The zero-order valence-electron chi connectivity index (χ0n) is 13.8. The zero-order chi connectivity index (χ0) is 17.0. The van der Waals surface area contributed by atoms with E-state index in [1.807, 2.05) is 25.3 Å². The maximum atomic E-state index is 4.88. The number of imidazole rings is 1. The van der Waals surface area contributed by atoms with Crippen molar-refractivity contribution in [3.05, 3.63) is 78.7 Å². The van der Waals surface area contributed by atoms with Gasteiger partial charge in [-0.15, -0.1) is 5.73 Å². The summed E-state index contributed by atoms with van der Waals surface area (Å²) < 4.78 is 2.23. The molecule has 3 heterocycles. The summed E-state index contributed by atoms with van der Waals surface area (Å²) in [6.07, 6.45) is 1.84. The topological polar surface area (TPSA) is 30.2 Å². The first-order chi connectivity index (χ1) is 12.3. The summed E-state index contributed by atoms with van der Waals surface area (Å²) in [6.45, 7) is 5.86. The Labute approximate surface area is 144 Å². The Morgan fingerprint density at radius 2 is 1.84 bits per heavy atom. The Morgan fingerprint density at radius 1 is 1.00 bits per heavy atom. The van der Waals surface area contributed by atoms with Crippen molar-refractivity contribution >= 4 is 44.1 Å². The summed E-state index contributed by atoms with van der Waals surface area (Å²) in [5.41, 5.74) is 10.2. The van der Waals surface area contributed by atoms with Gasteiger partial charge in [-0.25, -0.2) is 4.98 Å². The fourth-order valence-corrected chi connectivity index (χ4v) is 3.62. The molecule has 0 fully saturated rings. The summed E-state index contributed by atoms with van der Waals surface area (Å²) in [5, 5.41) is 2.16. The van der Waals surface area contributed by atoms with E-state index >= 15 is 0 Å². The molecule has 0 bridgehead atoms. The largest absolute Gasteiger partial charge is 0.292 e. The van der Waals surface area contributed by atoms with Crippen LogP contribution in [0.2, 0.25) is 0 Å². The van der Waals surface area contributed by atoms with E-state index in [-0.39, 0.29) is 0 Å². The van der Waals surface area contributed by atoms with Crippen molar-refractivity contribution in [2.75, 3.05) is 0 Å². The number of hydrogen-bond acceptors (Lipinski definition) is 2. The van der Waals surface area contributed by atoms with Crippen molar-refractivity contribution in [3.8, 4) is 0 Å². The summed E-state index contributed by atoms with van der Waals surface area (Å²) in [6, 6.07) is 18.6. The van der Waals surface area contributed by atoms with Gasteiger partial charge in [0.1, 0.15) is 5.65 Å². The number of benzene rings is 2. The van der Waals surface area contributed by atoms with Crippen molar-refractivity contribution in [2.24, 2.45) is 0 Å². The van der Waals surface area contributed by atoms with E-state index in [1.165, 1.54) is 0 Å². The predicted molar refractivity (Wildman–Crippen MR) is 104 cm³/mol. The zero-order valence-corrected chi connectivity index (χ0v) is 13.8. The second kappa shape index (κ2) is 5.04. The van der Waals surface area contributed by atoms with Crippen LogP contribution in [0.15, 0.2) is 73.1 Å². The second-order valence-electron chi connectivity index (χ2n) is 6.16. The summed E-state index contributed by atoms with van der Waals surface area (Å²) in [5.74, 6) is 0. The highest BCUT2D eigenvalue weighted by Gasteiger charge is 2.16. The molecule has 2 aromatic carbocycles. The minimum Gasteiger partial charge on any atom is -0.292 e. The molecule has 0 spiro atoms. The number of hydrogen-bond donors (Lipinski definition) is 0. The van der Waals surface area contributed by atoms with Gasteiger partial charge < -0.3 is 0 Å². The summed E-state index contributed by atoms with van der Waals surface area (Å²) >= 11 is 0. The van der Waals surface area contributed by atoms with Crippen LogP contribution in [-0.2, 0) is 0 Å². The van der Waals surface area contributed by atoms with Gasteiger partial charge in [0.15, 0.2) is 0 Å². The lowest BCUT2D eigenvalue weighted by Gasteiger charge is -2.12. The molecule has 3 aromatic heterocycles. The molecule has 0 amide bonds. The van der Waals surface area contributed by atoms with Crippen molar-refractivity contribution in [2.45, 2.75) is 6.92 Å². The lowest BCUT2D eigenvalue weighted by molar-refractivity contribution is 1.30. The first-order valence-electron chi connectivity index (χ1n) is 8.23. The molecule has 0 aliphatic rings. The minimum atomic E-state index is 0.939. The van der Waals surface area contributed by atoms with Crippen LogP contribution < -0.4 is 0 Å². The van der Waals surface area contributed by atoms with E-state index in [0.717, 1.165) is 49.6 Å². The van der Waals surface area contributed by atoms with Gasteiger partial charge in [-0.3, -0.25) is 9.38 Å². The number of para-hydroxylation sites is 2. The molecule has 5 rings (SSSR count). The van der Waals surface area contributed by atoms with Gasteiger partial charge in [0.05, 0.1) is 22.1 Å². The van der Waals surface area contributed by atoms with E-state index in [2.05, 4.69) is 59.2 Å². The number of aromatic nitrogens is 3. The van der Waals surface area contributed by atoms with Crippen LogP contribution in [0.25, 0.3) is 44.1 Å². The van der Waals surface area contributed by atoms with E-state index in [4.69, 9.17) is 9.97 Å². The lowest BCUT2D eigenvalue weighted by atomic mass is 10.00. The maximum absolute atomic E-state index is 4.88. The van der Waals surface area contributed by atoms with E-state index in [0.29, 0.717) is 0 Å². The van der Waals surface area contributed by atoms with Crippen molar-refractivity contribution in [3.63, 3.8) is 0 Å². The fraction of sp³-hybridized carbons (Fsp3) is 0.0455. The molecular weight excluding hydrogens is 306 g/mol. The van der Waals surface area contributed by atoms with Crippen LogP contribution in [0.1, 0.15) is 12.5 Å². The predicted octanol–water partition coefficient (Wildman–Crippen LogP) is 5.38. The standard InChI is InChI=1S/C22H15N3/c1-3-14(2)15-8-6-12-19-20(15)21-16(9-7-13-23-21)22-24-17-10-4-5-11-18(17)25(19)22/h4-13H,1H2,2H3. The number of allylic oxidation sites excluding steroid dienone is 1. The quantitative estimate of drug-likeness (QED) is 0.306. The second-order valence-corrected chi connectivity index (χ2v) is 6.16. The van der Waals surface area contributed by atoms with Gasteiger partial charge in [-0.2, -0.15) is 0 Å². The fourth-order valence-electron chi connectivity index (χ4n) is 3.62. The van der Waals surface area contributed by atoms with Gasteiger partial charge in [0.25, 0.3) is 0 Å². The Bertz CT molecular complexity index is 1350. The monoisotopic (exact) mass is 321 g/mol. The van der Waals surface area contributed by atoms with Crippen LogP contribution >= 0.6 is 0 Å². The normalized spacial score (nSPS) is 11.4. The highest BCUT2D eigenvalue weighted by molar-refractivity contribution is 6.15. The van der Waals surface area contributed by atoms with Crippen LogP contribution in [0.5, 0.6) is 0 Å². The molecule has 0 atom stereocenters. The van der Waals surface area contributed by atoms with E-state index in [9.17, 15) is 0 Å². The number of nitrogens with zero attached hydrogens (tertiary/aromatic N) is 3. The van der Waals surface area contributed by atoms with Crippen LogP contribution in [0, 0.1) is 0 Å². The summed E-state index contributed by atoms with van der Waals surface area (Å²) in [4.78, 5) is 9.57. The summed E-state index contributed by atoms with van der Waals surface area (Å²) in [7, 11) is 0. The lowest BCUT2D eigenvalue weighted by Crippen LogP contribution is -1.95. The minimum absolute atomic E-state index is 0.939. The highest BCUT2D eigenvalue weighted by Crippen LogP contribution is 2.34. The van der Waals surface area contributed by atoms with Crippen molar-refractivity contribution in [1.29, 1.82) is 0 Å². The molecule has 0 saturated heterocycles. The third kappa shape index (κ3) is 1.81. The van der Waals surface area contributed by atoms with Gasteiger partial charge in [-0.05, 0) is 48.4 Å². The van der Waals surface area contributed by atoms with E-state index in [1.54, 1.807) is 0 Å². The van der Waals surface area contributed by atoms with Crippen LogP contribution in [0.3, 0.4) is 0 Å². The molecule has 3 nitrogen and oxygen atoms in total. The SMILES string of the molecule is C=C=C(C)c1cccc2c1c1ncccc1c1nc3ccccc3n21. The number of pyridine rings is 2. The smallest absolute Gasteiger partial charge is 0.147 e. The molecule has 0 saturated carbocycles. The molecular formula is C22H15N3. The molecule has 0 unspecified atom stereocenters.